The van der Waals surface area contributed by atoms with E-state index >= 15 is 0 Å². The molecule has 3 aliphatic rings. The van der Waals surface area contributed by atoms with E-state index in [-0.39, 0.29) is 17.0 Å². The summed E-state index contributed by atoms with van der Waals surface area (Å²) in [5.41, 5.74) is -0.0228. The highest BCUT2D eigenvalue weighted by Gasteiger charge is 2.69. The summed E-state index contributed by atoms with van der Waals surface area (Å²) in [6.45, 7) is 10.7. The van der Waals surface area contributed by atoms with Crippen LogP contribution in [0.3, 0.4) is 0 Å². The number of rotatable bonds is 1. The molecule has 0 aromatic rings. The van der Waals surface area contributed by atoms with Crippen LogP contribution in [0.2, 0.25) is 0 Å². The van der Waals surface area contributed by atoms with Crippen molar-refractivity contribution in [3.8, 4) is 0 Å². The third kappa shape index (κ3) is 0.973. The van der Waals surface area contributed by atoms with Gasteiger partial charge in [0.15, 0.2) is 0 Å². The average Bonchev–Trinajstić information content (AvgIpc) is 2.71. The van der Waals surface area contributed by atoms with Crippen molar-refractivity contribution in [1.29, 1.82) is 0 Å². The molecule has 3 rings (SSSR count). The van der Waals surface area contributed by atoms with Crippen molar-refractivity contribution >= 4 is 0 Å². The Kier molecular flexibility index (Phi) is 1.73. The maximum absolute atomic E-state index is 6.07. The second-order valence-corrected chi connectivity index (χ2v) is 6.02. The fourth-order valence-corrected chi connectivity index (χ4v) is 3.73. The van der Waals surface area contributed by atoms with E-state index in [0.29, 0.717) is 5.92 Å². The largest absolute Gasteiger partial charge is 0.359 e. The Morgan fingerprint density at radius 2 is 1.47 bits per heavy atom. The molecule has 3 nitrogen and oxygen atoms in total. The van der Waals surface area contributed by atoms with E-state index in [0.717, 1.165) is 26.1 Å². The van der Waals surface area contributed by atoms with Gasteiger partial charge in [-0.05, 0) is 32.6 Å². The van der Waals surface area contributed by atoms with Crippen molar-refractivity contribution in [2.24, 2.45) is 5.92 Å². The smallest absolute Gasteiger partial charge is 0.121 e. The maximum atomic E-state index is 6.07. The molecule has 3 fully saturated rings. The molecule has 0 radical (unpaired) electrons. The van der Waals surface area contributed by atoms with Crippen molar-refractivity contribution < 1.29 is 9.47 Å². The van der Waals surface area contributed by atoms with Gasteiger partial charge in [-0.3, -0.25) is 0 Å². The third-order valence-electron chi connectivity index (χ3n) is 4.78. The first-order valence-electron chi connectivity index (χ1n) is 6.01. The Bertz CT molecular complexity index is 282. The van der Waals surface area contributed by atoms with Gasteiger partial charge in [0.05, 0.1) is 18.8 Å². The van der Waals surface area contributed by atoms with Crippen LogP contribution in [0.25, 0.3) is 0 Å². The van der Waals surface area contributed by atoms with Crippen LogP contribution in [-0.4, -0.2) is 35.1 Å². The van der Waals surface area contributed by atoms with Gasteiger partial charge in [0, 0.05) is 0 Å². The molecule has 2 atom stereocenters. The van der Waals surface area contributed by atoms with Gasteiger partial charge in [0.25, 0.3) is 0 Å². The number of ether oxygens (including phenoxy) is 2. The third-order valence-corrected chi connectivity index (χ3v) is 4.78. The SMILES string of the molecule is CC(C)C12COC3(C)CCC(C)(OC1)N32. The zero-order valence-corrected chi connectivity index (χ0v) is 10.2. The quantitative estimate of drug-likeness (QED) is 0.662. The minimum absolute atomic E-state index is 0.0739. The lowest BCUT2D eigenvalue weighted by Crippen LogP contribution is -2.56. The van der Waals surface area contributed by atoms with E-state index in [1.165, 1.54) is 0 Å². The van der Waals surface area contributed by atoms with E-state index in [4.69, 9.17) is 9.47 Å². The second-order valence-electron chi connectivity index (χ2n) is 6.02. The summed E-state index contributed by atoms with van der Waals surface area (Å²) in [4.78, 5) is 2.53. The Labute approximate surface area is 91.7 Å². The summed E-state index contributed by atoms with van der Waals surface area (Å²) in [6, 6.07) is 0. The minimum Gasteiger partial charge on any atom is -0.359 e. The Balaban J connectivity index is 2.08. The van der Waals surface area contributed by atoms with Gasteiger partial charge >= 0.3 is 0 Å². The van der Waals surface area contributed by atoms with Crippen molar-refractivity contribution in [1.82, 2.24) is 4.90 Å². The van der Waals surface area contributed by atoms with Gasteiger partial charge in [0.2, 0.25) is 0 Å². The maximum Gasteiger partial charge on any atom is 0.121 e. The monoisotopic (exact) mass is 211 g/mol. The number of nitrogens with zero attached hydrogens (tertiary/aromatic N) is 1. The molecule has 3 aliphatic heterocycles. The zero-order valence-electron chi connectivity index (χ0n) is 10.2. The molecular formula is C12H21NO2. The second kappa shape index (κ2) is 2.58. The Hall–Kier alpha value is -0.120. The summed E-state index contributed by atoms with van der Waals surface area (Å²) >= 11 is 0. The molecule has 0 bridgehead atoms. The predicted octanol–water partition coefficient (Wildman–Crippen LogP) is 1.97. The summed E-state index contributed by atoms with van der Waals surface area (Å²) in [5.74, 6) is 0.583. The Morgan fingerprint density at radius 3 is 1.87 bits per heavy atom. The van der Waals surface area contributed by atoms with Crippen LogP contribution in [0, 0.1) is 5.92 Å². The van der Waals surface area contributed by atoms with Crippen molar-refractivity contribution in [3.63, 3.8) is 0 Å². The lowest BCUT2D eigenvalue weighted by atomic mass is 9.87. The van der Waals surface area contributed by atoms with Gasteiger partial charge in [-0.2, -0.15) is 0 Å². The topological polar surface area (TPSA) is 21.7 Å². The lowest BCUT2D eigenvalue weighted by molar-refractivity contribution is -0.125. The molecule has 0 aromatic carbocycles. The molecule has 0 amide bonds. The minimum atomic E-state index is -0.0739. The normalized spacial score (nSPS) is 54.2. The van der Waals surface area contributed by atoms with Gasteiger partial charge in [0.1, 0.15) is 11.4 Å². The molecule has 0 aliphatic carbocycles. The first-order chi connectivity index (χ1) is 6.93. The molecule has 0 spiro atoms. The Morgan fingerprint density at radius 1 is 1.00 bits per heavy atom. The molecule has 3 heterocycles. The van der Waals surface area contributed by atoms with Crippen LogP contribution in [0.5, 0.6) is 0 Å². The van der Waals surface area contributed by atoms with Gasteiger partial charge < -0.3 is 9.47 Å². The summed E-state index contributed by atoms with van der Waals surface area (Å²) < 4.78 is 12.1. The van der Waals surface area contributed by atoms with Crippen LogP contribution in [0.15, 0.2) is 0 Å². The molecular weight excluding hydrogens is 190 g/mol. The fourth-order valence-electron chi connectivity index (χ4n) is 3.73. The summed E-state index contributed by atoms with van der Waals surface area (Å²) in [5, 5.41) is 0. The molecule has 3 heteroatoms. The van der Waals surface area contributed by atoms with Crippen LogP contribution < -0.4 is 0 Å². The first-order valence-corrected chi connectivity index (χ1v) is 6.01. The molecule has 86 valence electrons. The highest BCUT2D eigenvalue weighted by molar-refractivity contribution is 5.15. The van der Waals surface area contributed by atoms with Crippen LogP contribution >= 0.6 is 0 Å². The van der Waals surface area contributed by atoms with Crippen LogP contribution in [0.4, 0.5) is 0 Å². The standard InChI is InChI=1S/C12H21NO2/c1-9(2)12-7-14-10(3)5-6-11(4,13(10)12)15-8-12/h9H,5-8H2,1-4H3. The average molecular weight is 211 g/mol. The fraction of sp³-hybridized carbons (Fsp3) is 1.00. The van der Waals surface area contributed by atoms with Crippen molar-refractivity contribution in [3.05, 3.63) is 0 Å². The van der Waals surface area contributed by atoms with Crippen LogP contribution in [-0.2, 0) is 9.47 Å². The van der Waals surface area contributed by atoms with Crippen molar-refractivity contribution in [2.75, 3.05) is 13.2 Å². The highest BCUT2D eigenvalue weighted by atomic mass is 16.6. The summed E-state index contributed by atoms with van der Waals surface area (Å²) in [7, 11) is 0. The molecule has 0 saturated carbocycles. The van der Waals surface area contributed by atoms with Gasteiger partial charge in [-0.15, -0.1) is 0 Å². The predicted molar refractivity (Wildman–Crippen MR) is 57.4 cm³/mol. The molecule has 2 unspecified atom stereocenters. The van der Waals surface area contributed by atoms with E-state index in [1.807, 2.05) is 0 Å². The van der Waals surface area contributed by atoms with Gasteiger partial charge in [-0.1, -0.05) is 13.8 Å². The van der Waals surface area contributed by atoms with Gasteiger partial charge in [-0.25, -0.2) is 4.90 Å². The lowest BCUT2D eigenvalue weighted by Gasteiger charge is -2.40. The zero-order chi connectivity index (χ0) is 10.9. The van der Waals surface area contributed by atoms with E-state index in [2.05, 4.69) is 32.6 Å². The summed E-state index contributed by atoms with van der Waals surface area (Å²) in [6.07, 6.45) is 2.19. The molecule has 0 N–H and O–H groups in total. The molecule has 15 heavy (non-hydrogen) atoms. The van der Waals surface area contributed by atoms with E-state index in [9.17, 15) is 0 Å². The molecule has 0 aromatic heterocycles. The van der Waals surface area contributed by atoms with E-state index in [1.54, 1.807) is 0 Å². The number of hydrogen-bond donors (Lipinski definition) is 0. The highest BCUT2D eigenvalue weighted by Crippen LogP contribution is 2.57. The number of hydrogen-bond acceptors (Lipinski definition) is 3. The molecule has 3 saturated heterocycles. The van der Waals surface area contributed by atoms with Crippen LogP contribution in [0.1, 0.15) is 40.5 Å². The van der Waals surface area contributed by atoms with E-state index < -0.39 is 0 Å². The van der Waals surface area contributed by atoms with Crippen molar-refractivity contribution in [2.45, 2.75) is 57.5 Å². The first kappa shape index (κ1) is 10.1.